The van der Waals surface area contributed by atoms with Gasteiger partial charge in [0.2, 0.25) is 0 Å². The second kappa shape index (κ2) is 9.56. The predicted molar refractivity (Wildman–Crippen MR) is 115 cm³/mol. The SMILES string of the molecule is CN(C)c1ccc([N+](=O)[O-])cc1C(=O)NC1CCN(Cc2cccc(C(F)(F)F)c2)CC1. The number of rotatable bonds is 6. The molecule has 3 rings (SSSR count). The smallest absolute Gasteiger partial charge is 0.377 e. The van der Waals surface area contributed by atoms with Crippen molar-refractivity contribution in [3.8, 4) is 0 Å². The third-order valence-corrected chi connectivity index (χ3v) is 5.50. The maximum Gasteiger partial charge on any atom is 0.416 e. The zero-order chi connectivity index (χ0) is 23.5. The number of nitro groups is 1. The zero-order valence-electron chi connectivity index (χ0n) is 17.9. The Morgan fingerprint density at radius 3 is 2.47 bits per heavy atom. The Hall–Kier alpha value is -3.14. The van der Waals surface area contributed by atoms with Crippen molar-refractivity contribution in [2.75, 3.05) is 32.1 Å². The summed E-state index contributed by atoms with van der Waals surface area (Å²) in [4.78, 5) is 27.2. The minimum Gasteiger partial charge on any atom is -0.377 e. The van der Waals surface area contributed by atoms with E-state index >= 15 is 0 Å². The second-order valence-electron chi connectivity index (χ2n) is 8.08. The zero-order valence-corrected chi connectivity index (χ0v) is 17.9. The highest BCUT2D eigenvalue weighted by Crippen LogP contribution is 2.30. The van der Waals surface area contributed by atoms with Crippen molar-refractivity contribution >= 4 is 17.3 Å². The molecule has 0 aromatic heterocycles. The van der Waals surface area contributed by atoms with Crippen LogP contribution in [0.3, 0.4) is 0 Å². The lowest BCUT2D eigenvalue weighted by Gasteiger charge is -2.32. The fourth-order valence-electron chi connectivity index (χ4n) is 3.81. The van der Waals surface area contributed by atoms with Crippen molar-refractivity contribution < 1.29 is 22.9 Å². The summed E-state index contributed by atoms with van der Waals surface area (Å²) < 4.78 is 38.7. The lowest BCUT2D eigenvalue weighted by Crippen LogP contribution is -2.44. The molecule has 10 heteroatoms. The average Bonchev–Trinajstić information content (AvgIpc) is 2.74. The van der Waals surface area contributed by atoms with Crippen LogP contribution < -0.4 is 10.2 Å². The summed E-state index contributed by atoms with van der Waals surface area (Å²) in [6, 6.07) is 9.37. The number of non-ortho nitro benzene ring substituents is 1. The molecule has 1 amide bonds. The van der Waals surface area contributed by atoms with Gasteiger partial charge in [-0.05, 0) is 30.5 Å². The first-order valence-electron chi connectivity index (χ1n) is 10.2. The maximum absolute atomic E-state index is 12.9. The van der Waals surface area contributed by atoms with Crippen LogP contribution in [0.4, 0.5) is 24.5 Å². The molecule has 1 heterocycles. The number of carbonyl (C=O) groups excluding carboxylic acids is 1. The quantitative estimate of drug-likeness (QED) is 0.530. The van der Waals surface area contributed by atoms with Gasteiger partial charge in [0, 0.05) is 57.6 Å². The van der Waals surface area contributed by atoms with Gasteiger partial charge in [-0.3, -0.25) is 19.8 Å². The summed E-state index contributed by atoms with van der Waals surface area (Å²) in [5.74, 6) is -0.381. The van der Waals surface area contributed by atoms with Gasteiger partial charge < -0.3 is 10.2 Å². The summed E-state index contributed by atoms with van der Waals surface area (Å²) in [7, 11) is 3.51. The van der Waals surface area contributed by atoms with Gasteiger partial charge in [-0.1, -0.05) is 18.2 Å². The molecule has 0 atom stereocenters. The first-order chi connectivity index (χ1) is 15.0. The van der Waals surface area contributed by atoms with Gasteiger partial charge in [0.25, 0.3) is 11.6 Å². The Bertz CT molecular complexity index is 987. The van der Waals surface area contributed by atoms with E-state index < -0.39 is 16.7 Å². The van der Waals surface area contributed by atoms with Crippen molar-refractivity contribution in [1.82, 2.24) is 10.2 Å². The Morgan fingerprint density at radius 1 is 1.19 bits per heavy atom. The van der Waals surface area contributed by atoms with Crippen LogP contribution in [-0.4, -0.2) is 49.0 Å². The molecule has 32 heavy (non-hydrogen) atoms. The molecule has 1 fully saturated rings. The molecule has 2 aromatic carbocycles. The summed E-state index contributed by atoms with van der Waals surface area (Å²) in [5.41, 5.74) is 0.586. The number of piperidine rings is 1. The molecule has 0 spiro atoms. The van der Waals surface area contributed by atoms with Gasteiger partial charge in [0.1, 0.15) is 0 Å². The minimum absolute atomic E-state index is 0.116. The van der Waals surface area contributed by atoms with E-state index in [-0.39, 0.29) is 23.2 Å². The van der Waals surface area contributed by atoms with Crippen LogP contribution in [-0.2, 0) is 12.7 Å². The van der Waals surface area contributed by atoms with Crippen LogP contribution in [0.5, 0.6) is 0 Å². The lowest BCUT2D eigenvalue weighted by atomic mass is 10.0. The first-order valence-corrected chi connectivity index (χ1v) is 10.2. The first kappa shape index (κ1) is 23.5. The highest BCUT2D eigenvalue weighted by molar-refractivity contribution is 6.00. The number of likely N-dealkylation sites (tertiary alicyclic amines) is 1. The van der Waals surface area contributed by atoms with Crippen molar-refractivity contribution in [3.63, 3.8) is 0 Å². The molecule has 0 saturated carbocycles. The summed E-state index contributed by atoms with van der Waals surface area (Å²) >= 11 is 0. The van der Waals surface area contributed by atoms with Gasteiger partial charge in [0.05, 0.1) is 16.1 Å². The van der Waals surface area contributed by atoms with E-state index in [1.54, 1.807) is 31.1 Å². The van der Waals surface area contributed by atoms with E-state index in [0.717, 1.165) is 6.07 Å². The molecule has 1 aliphatic heterocycles. The average molecular weight is 450 g/mol. The van der Waals surface area contributed by atoms with Crippen LogP contribution in [0, 0.1) is 10.1 Å². The fraction of sp³-hybridized carbons (Fsp3) is 0.409. The number of benzene rings is 2. The van der Waals surface area contributed by atoms with Crippen LogP contribution in [0.25, 0.3) is 0 Å². The van der Waals surface area contributed by atoms with Gasteiger partial charge >= 0.3 is 6.18 Å². The van der Waals surface area contributed by atoms with Gasteiger partial charge in [-0.25, -0.2) is 0 Å². The Labute approximate surface area is 184 Å². The number of hydrogen-bond donors (Lipinski definition) is 1. The number of anilines is 1. The van der Waals surface area contributed by atoms with E-state index in [1.165, 1.54) is 24.3 Å². The number of alkyl halides is 3. The Kier molecular flexibility index (Phi) is 7.02. The number of nitro benzene ring substituents is 1. The van der Waals surface area contributed by atoms with Crippen molar-refractivity contribution in [3.05, 3.63) is 69.3 Å². The molecule has 2 aromatic rings. The Morgan fingerprint density at radius 2 is 1.88 bits per heavy atom. The molecular formula is C22H25F3N4O3. The second-order valence-corrected chi connectivity index (χ2v) is 8.08. The number of nitrogens with one attached hydrogen (secondary N) is 1. The summed E-state index contributed by atoms with van der Waals surface area (Å²) in [5, 5.41) is 14.0. The number of amides is 1. The molecule has 0 aliphatic carbocycles. The van der Waals surface area contributed by atoms with Crippen LogP contribution in [0.2, 0.25) is 0 Å². The van der Waals surface area contributed by atoms with Gasteiger partial charge in [0.15, 0.2) is 0 Å². The number of nitrogens with zero attached hydrogens (tertiary/aromatic N) is 3. The fourth-order valence-corrected chi connectivity index (χ4v) is 3.81. The highest BCUT2D eigenvalue weighted by atomic mass is 19.4. The third kappa shape index (κ3) is 5.76. The lowest BCUT2D eigenvalue weighted by molar-refractivity contribution is -0.384. The molecule has 0 bridgehead atoms. The molecule has 0 unspecified atom stereocenters. The molecule has 1 saturated heterocycles. The molecular weight excluding hydrogens is 425 g/mol. The minimum atomic E-state index is -4.37. The Balaban J connectivity index is 1.60. The summed E-state index contributed by atoms with van der Waals surface area (Å²) in [6.45, 7) is 1.65. The molecule has 172 valence electrons. The van der Waals surface area contributed by atoms with Crippen molar-refractivity contribution in [2.24, 2.45) is 0 Å². The third-order valence-electron chi connectivity index (χ3n) is 5.50. The van der Waals surface area contributed by atoms with Crippen LogP contribution in [0.1, 0.15) is 34.3 Å². The highest BCUT2D eigenvalue weighted by Gasteiger charge is 2.30. The van der Waals surface area contributed by atoms with E-state index in [0.29, 0.717) is 43.7 Å². The maximum atomic E-state index is 12.9. The largest absolute Gasteiger partial charge is 0.416 e. The standard InChI is InChI=1S/C22H25F3N4O3/c1-27(2)20-7-6-18(29(31)32)13-19(20)21(30)26-17-8-10-28(11-9-17)14-15-4-3-5-16(12-15)22(23,24)25/h3-7,12-13,17H,8-11,14H2,1-2H3,(H,26,30). The number of carbonyl (C=O) groups is 1. The van der Waals surface area contributed by atoms with E-state index in [2.05, 4.69) is 10.2 Å². The topological polar surface area (TPSA) is 78.7 Å². The molecule has 0 radical (unpaired) electrons. The molecule has 7 nitrogen and oxygen atoms in total. The monoisotopic (exact) mass is 450 g/mol. The van der Waals surface area contributed by atoms with Crippen LogP contribution in [0.15, 0.2) is 42.5 Å². The number of halogens is 3. The number of hydrogen-bond acceptors (Lipinski definition) is 5. The van der Waals surface area contributed by atoms with E-state index in [4.69, 9.17) is 0 Å². The predicted octanol–water partition coefficient (Wildman–Crippen LogP) is 4.07. The van der Waals surface area contributed by atoms with Gasteiger partial charge in [-0.15, -0.1) is 0 Å². The normalized spacial score (nSPS) is 15.4. The van der Waals surface area contributed by atoms with Crippen molar-refractivity contribution in [2.45, 2.75) is 31.6 Å². The molecule has 1 aliphatic rings. The molecule has 1 N–H and O–H groups in total. The van der Waals surface area contributed by atoms with Crippen LogP contribution >= 0.6 is 0 Å². The van der Waals surface area contributed by atoms with E-state index in [9.17, 15) is 28.1 Å². The van der Waals surface area contributed by atoms with Gasteiger partial charge in [-0.2, -0.15) is 13.2 Å². The van der Waals surface area contributed by atoms with Crippen molar-refractivity contribution in [1.29, 1.82) is 0 Å². The summed E-state index contributed by atoms with van der Waals surface area (Å²) in [6.07, 6.45) is -3.10. The van der Waals surface area contributed by atoms with E-state index in [1.807, 2.05) is 0 Å².